The second-order valence-corrected chi connectivity index (χ2v) is 7.57. The van der Waals surface area contributed by atoms with Crippen molar-refractivity contribution < 1.29 is 18.9 Å². The largest absolute Gasteiger partial charge is 0.352 e. The molecule has 0 aromatic heterocycles. The van der Waals surface area contributed by atoms with Crippen molar-refractivity contribution in [3.63, 3.8) is 0 Å². The van der Waals surface area contributed by atoms with Crippen LogP contribution in [-0.4, -0.2) is 39.0 Å². The zero-order chi connectivity index (χ0) is 15.5. The third kappa shape index (κ3) is 3.55. The third-order valence-electron chi connectivity index (χ3n) is 5.60. The molecule has 2 saturated heterocycles. The Bertz CT molecular complexity index is 397. The van der Waals surface area contributed by atoms with Gasteiger partial charge in [-0.05, 0) is 38.5 Å². The van der Waals surface area contributed by atoms with Crippen LogP contribution >= 0.6 is 0 Å². The van der Waals surface area contributed by atoms with E-state index in [0.717, 1.165) is 25.7 Å². The molecule has 2 atom stereocenters. The average molecular weight is 320 g/mol. The minimum Gasteiger partial charge on any atom is -0.352 e. The van der Waals surface area contributed by atoms with Crippen molar-refractivity contribution in [3.8, 4) is 0 Å². The number of rotatable bonds is 2. The number of hydrogen-bond acceptors (Lipinski definition) is 4. The molecule has 0 radical (unpaired) electrons. The van der Waals surface area contributed by atoms with E-state index in [1.807, 2.05) is 0 Å². The summed E-state index contributed by atoms with van der Waals surface area (Å²) in [6, 6.07) is 0. The minimum absolute atomic E-state index is 0.0493. The molecule has 128 valence electrons. The molecule has 23 heavy (non-hydrogen) atoms. The predicted octanol–water partition coefficient (Wildman–Crippen LogP) is 3.43. The van der Waals surface area contributed by atoms with Crippen LogP contribution in [0.5, 0.6) is 0 Å². The predicted molar refractivity (Wildman–Crippen MR) is 86.8 cm³/mol. The van der Waals surface area contributed by atoms with Gasteiger partial charge in [0.15, 0.2) is 12.6 Å². The fraction of sp³-hybridized carbons (Fsp3) is 0.789. The molecule has 0 bridgehead atoms. The van der Waals surface area contributed by atoms with Gasteiger partial charge in [0.1, 0.15) is 0 Å². The average Bonchev–Trinajstić information content (AvgIpc) is 2.65. The summed E-state index contributed by atoms with van der Waals surface area (Å²) in [6.45, 7) is 2.76. The first-order valence-electron chi connectivity index (χ1n) is 9.11. The van der Waals surface area contributed by atoms with Crippen molar-refractivity contribution in [2.75, 3.05) is 26.4 Å². The summed E-state index contributed by atoms with van der Waals surface area (Å²) in [4.78, 5) is 0. The lowest BCUT2D eigenvalue weighted by molar-refractivity contribution is -0.319. The van der Waals surface area contributed by atoms with Crippen LogP contribution in [-0.2, 0) is 18.9 Å². The standard InChI is InChI=1S/C19H28O4/c1-3-7-15(8-4-1)17-20-11-19(12-21-17)13-22-18(23-14-19)16-9-5-2-6-10-16/h1-3,5,15-18H,4,6-14H2/t15-,16+,17?,18?,19?. The Balaban J connectivity index is 1.27. The normalized spacial score (nSPS) is 44.5. The smallest absolute Gasteiger partial charge is 0.160 e. The molecule has 0 aromatic carbocycles. The Hall–Kier alpha value is -0.680. The van der Waals surface area contributed by atoms with Gasteiger partial charge in [0.05, 0.1) is 31.8 Å². The van der Waals surface area contributed by atoms with E-state index in [9.17, 15) is 0 Å². The SMILES string of the molecule is C1=CC[C@@H](C2OCC3(CO2)COC([C@H]2CC=CCC2)OC3)CC1. The molecule has 0 amide bonds. The molecule has 2 fully saturated rings. The van der Waals surface area contributed by atoms with E-state index in [0.29, 0.717) is 38.3 Å². The van der Waals surface area contributed by atoms with E-state index in [1.165, 1.54) is 12.8 Å². The number of allylic oxidation sites excluding steroid dienone is 4. The maximum Gasteiger partial charge on any atom is 0.160 e. The summed E-state index contributed by atoms with van der Waals surface area (Å²) < 4.78 is 24.3. The number of ether oxygens (including phenoxy) is 4. The van der Waals surface area contributed by atoms with E-state index in [-0.39, 0.29) is 18.0 Å². The fourth-order valence-corrected chi connectivity index (χ4v) is 4.05. The van der Waals surface area contributed by atoms with Crippen molar-refractivity contribution in [1.29, 1.82) is 0 Å². The molecule has 4 heteroatoms. The van der Waals surface area contributed by atoms with Crippen molar-refractivity contribution in [2.24, 2.45) is 17.3 Å². The van der Waals surface area contributed by atoms with Gasteiger partial charge in [-0.1, -0.05) is 24.3 Å². The summed E-state index contributed by atoms with van der Waals surface area (Å²) in [7, 11) is 0. The summed E-state index contributed by atoms with van der Waals surface area (Å²) in [5, 5.41) is 0. The lowest BCUT2D eigenvalue weighted by atomic mass is 9.87. The Morgan fingerprint density at radius 3 is 1.39 bits per heavy atom. The first-order chi connectivity index (χ1) is 11.3. The zero-order valence-electron chi connectivity index (χ0n) is 13.8. The molecule has 4 rings (SSSR count). The van der Waals surface area contributed by atoms with Crippen molar-refractivity contribution in [2.45, 2.75) is 51.1 Å². The van der Waals surface area contributed by atoms with E-state index >= 15 is 0 Å². The molecule has 2 aliphatic heterocycles. The minimum atomic E-state index is -0.109. The van der Waals surface area contributed by atoms with Crippen molar-refractivity contribution in [3.05, 3.63) is 24.3 Å². The van der Waals surface area contributed by atoms with E-state index in [2.05, 4.69) is 24.3 Å². The summed E-state index contributed by atoms with van der Waals surface area (Å²) >= 11 is 0. The van der Waals surface area contributed by atoms with Gasteiger partial charge in [0.2, 0.25) is 0 Å². The maximum absolute atomic E-state index is 6.06. The van der Waals surface area contributed by atoms with Crippen LogP contribution in [0.2, 0.25) is 0 Å². The van der Waals surface area contributed by atoms with Crippen LogP contribution < -0.4 is 0 Å². The molecule has 4 nitrogen and oxygen atoms in total. The highest BCUT2D eigenvalue weighted by Crippen LogP contribution is 2.37. The summed E-state index contributed by atoms with van der Waals surface area (Å²) in [6.07, 6.45) is 15.7. The highest BCUT2D eigenvalue weighted by atomic mass is 16.7. The molecular formula is C19H28O4. The number of hydrogen-bond donors (Lipinski definition) is 0. The van der Waals surface area contributed by atoms with Gasteiger partial charge in [0.25, 0.3) is 0 Å². The van der Waals surface area contributed by atoms with Gasteiger partial charge in [-0.25, -0.2) is 0 Å². The molecule has 2 heterocycles. The summed E-state index contributed by atoms with van der Waals surface area (Å²) in [5.74, 6) is 1.01. The Labute approximate surface area is 138 Å². The summed E-state index contributed by atoms with van der Waals surface area (Å²) in [5.41, 5.74) is -0.109. The maximum atomic E-state index is 6.06. The van der Waals surface area contributed by atoms with E-state index in [4.69, 9.17) is 18.9 Å². The Morgan fingerprint density at radius 1 is 0.609 bits per heavy atom. The highest BCUT2D eigenvalue weighted by Gasteiger charge is 2.44. The first kappa shape index (κ1) is 15.8. The van der Waals surface area contributed by atoms with Gasteiger partial charge in [0, 0.05) is 11.8 Å². The Morgan fingerprint density at radius 2 is 1.04 bits per heavy atom. The molecule has 0 saturated carbocycles. The third-order valence-corrected chi connectivity index (χ3v) is 5.60. The van der Waals surface area contributed by atoms with Crippen LogP contribution in [0.1, 0.15) is 38.5 Å². The van der Waals surface area contributed by atoms with Crippen LogP contribution in [0.4, 0.5) is 0 Å². The van der Waals surface area contributed by atoms with E-state index < -0.39 is 0 Å². The van der Waals surface area contributed by atoms with Gasteiger partial charge < -0.3 is 18.9 Å². The lowest BCUT2D eigenvalue weighted by Crippen LogP contribution is -2.54. The van der Waals surface area contributed by atoms with Crippen molar-refractivity contribution >= 4 is 0 Å². The second-order valence-electron chi connectivity index (χ2n) is 7.57. The zero-order valence-corrected chi connectivity index (χ0v) is 13.8. The van der Waals surface area contributed by atoms with Crippen molar-refractivity contribution in [1.82, 2.24) is 0 Å². The van der Waals surface area contributed by atoms with E-state index in [1.54, 1.807) is 0 Å². The van der Waals surface area contributed by atoms with Gasteiger partial charge in [-0.15, -0.1) is 0 Å². The quantitative estimate of drug-likeness (QED) is 0.731. The first-order valence-corrected chi connectivity index (χ1v) is 9.11. The van der Waals surface area contributed by atoms with Crippen LogP contribution in [0.25, 0.3) is 0 Å². The molecule has 0 N–H and O–H groups in total. The molecule has 0 unspecified atom stereocenters. The molecule has 0 aromatic rings. The molecule has 1 spiro atoms. The second kappa shape index (κ2) is 7.06. The van der Waals surface area contributed by atoms with Crippen LogP contribution in [0.3, 0.4) is 0 Å². The van der Waals surface area contributed by atoms with Gasteiger partial charge in [-0.3, -0.25) is 0 Å². The van der Waals surface area contributed by atoms with Gasteiger partial charge in [-0.2, -0.15) is 0 Å². The highest BCUT2D eigenvalue weighted by molar-refractivity contribution is 4.94. The Kier molecular flexibility index (Phi) is 4.86. The van der Waals surface area contributed by atoms with Gasteiger partial charge >= 0.3 is 0 Å². The lowest BCUT2D eigenvalue weighted by Gasteiger charge is -2.46. The molecule has 2 aliphatic carbocycles. The molecular weight excluding hydrogens is 292 g/mol. The van der Waals surface area contributed by atoms with Crippen LogP contribution in [0.15, 0.2) is 24.3 Å². The molecule has 4 aliphatic rings. The van der Waals surface area contributed by atoms with Crippen LogP contribution in [0, 0.1) is 17.3 Å². The fourth-order valence-electron chi connectivity index (χ4n) is 4.05. The topological polar surface area (TPSA) is 36.9 Å². The monoisotopic (exact) mass is 320 g/mol.